The van der Waals surface area contributed by atoms with Gasteiger partial charge in [-0.3, -0.25) is 4.79 Å². The number of nitriles is 1. The molecule has 0 bridgehead atoms. The first kappa shape index (κ1) is 13.9. The molecule has 1 aliphatic carbocycles. The molecule has 1 saturated carbocycles. The second-order valence-corrected chi connectivity index (χ2v) is 5.46. The van der Waals surface area contributed by atoms with Crippen molar-refractivity contribution < 1.29 is 9.90 Å². The Labute approximate surface area is 116 Å². The number of aliphatic carboxylic acids is 1. The fourth-order valence-electron chi connectivity index (χ4n) is 2.40. The van der Waals surface area contributed by atoms with Gasteiger partial charge in [0.05, 0.1) is 17.9 Å². The summed E-state index contributed by atoms with van der Waals surface area (Å²) < 4.78 is 0. The maximum Gasteiger partial charge on any atom is 0.305 e. The fraction of sp³-hybridized carbons (Fsp3) is 0.429. The summed E-state index contributed by atoms with van der Waals surface area (Å²) in [6.07, 6.45) is 2.50. The van der Waals surface area contributed by atoms with Crippen LogP contribution in [0.25, 0.3) is 0 Å². The van der Waals surface area contributed by atoms with Crippen molar-refractivity contribution in [1.29, 1.82) is 5.26 Å². The van der Waals surface area contributed by atoms with Crippen LogP contribution in [0.4, 0.5) is 0 Å². The summed E-state index contributed by atoms with van der Waals surface area (Å²) in [5.41, 5.74) is 6.91. The number of halogens is 1. The molecule has 2 rings (SSSR count). The van der Waals surface area contributed by atoms with Crippen molar-refractivity contribution in [3.63, 3.8) is 0 Å². The second-order valence-electron chi connectivity index (χ2n) is 5.03. The summed E-state index contributed by atoms with van der Waals surface area (Å²) in [6.45, 7) is 0. The van der Waals surface area contributed by atoms with E-state index in [2.05, 4.69) is 6.07 Å². The van der Waals surface area contributed by atoms with Crippen LogP contribution in [0.15, 0.2) is 18.2 Å². The fourth-order valence-corrected chi connectivity index (χ4v) is 2.65. The molecule has 100 valence electrons. The van der Waals surface area contributed by atoms with Gasteiger partial charge >= 0.3 is 5.97 Å². The lowest BCUT2D eigenvalue weighted by molar-refractivity contribution is -0.137. The number of carbonyl (C=O) groups is 1. The normalized spacial score (nSPS) is 18.2. The largest absolute Gasteiger partial charge is 0.481 e. The Morgan fingerprint density at radius 1 is 1.53 bits per heavy atom. The summed E-state index contributed by atoms with van der Waals surface area (Å²) >= 11 is 6.06. The summed E-state index contributed by atoms with van der Waals surface area (Å²) in [5, 5.41) is 18.6. The average molecular weight is 279 g/mol. The highest BCUT2D eigenvalue weighted by Gasteiger charge is 2.39. The van der Waals surface area contributed by atoms with Gasteiger partial charge in [-0.2, -0.15) is 5.26 Å². The highest BCUT2D eigenvalue weighted by molar-refractivity contribution is 6.30. The molecule has 3 N–H and O–H groups in total. The van der Waals surface area contributed by atoms with E-state index in [4.69, 9.17) is 22.4 Å². The van der Waals surface area contributed by atoms with Gasteiger partial charge in [-0.05, 0) is 42.5 Å². The second kappa shape index (κ2) is 5.20. The number of carboxylic acids is 1. The zero-order chi connectivity index (χ0) is 14.0. The van der Waals surface area contributed by atoms with Gasteiger partial charge in [-0.25, -0.2) is 0 Å². The first-order chi connectivity index (χ1) is 8.97. The SMILES string of the molecule is N#CC1(c2cc(Cl)cc(C(N)CC(=O)O)c2)CCC1. The van der Waals surface area contributed by atoms with Crippen LogP contribution in [0, 0.1) is 11.3 Å². The zero-order valence-corrected chi connectivity index (χ0v) is 11.2. The van der Waals surface area contributed by atoms with E-state index in [1.54, 1.807) is 12.1 Å². The lowest BCUT2D eigenvalue weighted by atomic mass is 9.65. The Bertz CT molecular complexity index is 547. The van der Waals surface area contributed by atoms with Crippen molar-refractivity contribution in [2.24, 2.45) is 5.73 Å². The number of benzene rings is 1. The molecular weight excluding hydrogens is 264 g/mol. The number of hydrogen-bond acceptors (Lipinski definition) is 3. The Hall–Kier alpha value is -1.57. The highest BCUT2D eigenvalue weighted by atomic mass is 35.5. The average Bonchev–Trinajstić information content (AvgIpc) is 2.26. The minimum Gasteiger partial charge on any atom is -0.481 e. The summed E-state index contributed by atoms with van der Waals surface area (Å²) in [4.78, 5) is 10.7. The highest BCUT2D eigenvalue weighted by Crippen LogP contribution is 2.44. The van der Waals surface area contributed by atoms with E-state index in [9.17, 15) is 10.1 Å². The molecule has 0 spiro atoms. The van der Waals surface area contributed by atoms with E-state index < -0.39 is 17.4 Å². The monoisotopic (exact) mass is 278 g/mol. The zero-order valence-electron chi connectivity index (χ0n) is 10.4. The molecule has 0 saturated heterocycles. The predicted molar refractivity (Wildman–Crippen MR) is 71.8 cm³/mol. The third-order valence-electron chi connectivity index (χ3n) is 3.72. The molecule has 1 aromatic rings. The Balaban J connectivity index is 2.35. The van der Waals surface area contributed by atoms with Gasteiger partial charge in [0.15, 0.2) is 0 Å². The maximum absolute atomic E-state index is 10.7. The number of rotatable bonds is 4. The maximum atomic E-state index is 10.7. The molecule has 1 unspecified atom stereocenters. The number of hydrogen-bond donors (Lipinski definition) is 2. The molecule has 1 atom stereocenters. The molecule has 4 nitrogen and oxygen atoms in total. The smallest absolute Gasteiger partial charge is 0.305 e. The van der Waals surface area contributed by atoms with E-state index in [-0.39, 0.29) is 6.42 Å². The molecule has 1 aromatic carbocycles. The van der Waals surface area contributed by atoms with Crippen LogP contribution in [0.2, 0.25) is 5.02 Å². The van der Waals surface area contributed by atoms with Crippen LogP contribution in [0.3, 0.4) is 0 Å². The first-order valence-corrected chi connectivity index (χ1v) is 6.54. The Morgan fingerprint density at radius 3 is 2.68 bits per heavy atom. The van der Waals surface area contributed by atoms with Gasteiger partial charge < -0.3 is 10.8 Å². The van der Waals surface area contributed by atoms with Crippen LogP contribution in [-0.4, -0.2) is 11.1 Å². The van der Waals surface area contributed by atoms with Gasteiger partial charge in [0.25, 0.3) is 0 Å². The van der Waals surface area contributed by atoms with Crippen LogP contribution >= 0.6 is 11.6 Å². The minimum atomic E-state index is -0.951. The topological polar surface area (TPSA) is 87.1 Å². The van der Waals surface area contributed by atoms with Crippen LogP contribution < -0.4 is 5.73 Å². The van der Waals surface area contributed by atoms with E-state index >= 15 is 0 Å². The van der Waals surface area contributed by atoms with Gasteiger partial charge in [0.2, 0.25) is 0 Å². The Kier molecular flexibility index (Phi) is 3.79. The summed E-state index contributed by atoms with van der Waals surface area (Å²) in [7, 11) is 0. The van der Waals surface area contributed by atoms with Crippen LogP contribution in [0.1, 0.15) is 42.9 Å². The van der Waals surface area contributed by atoms with E-state index in [0.29, 0.717) is 10.6 Å². The molecule has 0 heterocycles. The van der Waals surface area contributed by atoms with Crippen molar-refractivity contribution in [2.45, 2.75) is 37.1 Å². The molecule has 1 aliphatic rings. The van der Waals surface area contributed by atoms with Gasteiger partial charge in [0, 0.05) is 11.1 Å². The predicted octanol–water partition coefficient (Wildman–Crippen LogP) is 2.76. The molecular formula is C14H15ClN2O2. The van der Waals surface area contributed by atoms with E-state index in [0.717, 1.165) is 24.8 Å². The lowest BCUT2D eigenvalue weighted by Crippen LogP contribution is -2.32. The third kappa shape index (κ3) is 2.73. The van der Waals surface area contributed by atoms with Gasteiger partial charge in [-0.1, -0.05) is 17.7 Å². The van der Waals surface area contributed by atoms with Crippen molar-refractivity contribution >= 4 is 17.6 Å². The number of nitrogens with zero attached hydrogens (tertiary/aromatic N) is 1. The third-order valence-corrected chi connectivity index (χ3v) is 3.93. The number of nitrogens with two attached hydrogens (primary N) is 1. The Morgan fingerprint density at radius 2 is 2.21 bits per heavy atom. The molecule has 5 heteroatoms. The molecule has 0 radical (unpaired) electrons. The molecule has 0 aromatic heterocycles. The first-order valence-electron chi connectivity index (χ1n) is 6.16. The molecule has 19 heavy (non-hydrogen) atoms. The van der Waals surface area contributed by atoms with E-state index in [1.807, 2.05) is 6.07 Å². The van der Waals surface area contributed by atoms with Crippen molar-refractivity contribution in [1.82, 2.24) is 0 Å². The quantitative estimate of drug-likeness (QED) is 0.886. The minimum absolute atomic E-state index is 0.153. The van der Waals surface area contributed by atoms with Crippen molar-refractivity contribution in [3.05, 3.63) is 34.3 Å². The van der Waals surface area contributed by atoms with Crippen molar-refractivity contribution in [3.8, 4) is 6.07 Å². The molecule has 0 amide bonds. The number of carboxylic acid groups (broad SMARTS) is 1. The lowest BCUT2D eigenvalue weighted by Gasteiger charge is -2.36. The van der Waals surface area contributed by atoms with Crippen LogP contribution in [-0.2, 0) is 10.2 Å². The summed E-state index contributed by atoms with van der Waals surface area (Å²) in [6, 6.07) is 7.01. The van der Waals surface area contributed by atoms with Gasteiger partial charge in [0.1, 0.15) is 0 Å². The summed E-state index contributed by atoms with van der Waals surface area (Å²) in [5.74, 6) is -0.951. The van der Waals surface area contributed by atoms with Gasteiger partial charge in [-0.15, -0.1) is 0 Å². The molecule has 1 fully saturated rings. The van der Waals surface area contributed by atoms with Crippen molar-refractivity contribution in [2.75, 3.05) is 0 Å². The molecule has 0 aliphatic heterocycles. The standard InChI is InChI=1S/C14H15ClN2O2/c15-11-5-9(12(17)7-13(18)19)4-10(6-11)14(8-16)2-1-3-14/h4-6,12H,1-3,7,17H2,(H,18,19). The van der Waals surface area contributed by atoms with E-state index in [1.165, 1.54) is 0 Å². The van der Waals surface area contributed by atoms with Crippen LogP contribution in [0.5, 0.6) is 0 Å².